The SMILES string of the molecule is O=C(COC(=O)Cc1c(F)cccc1Cl)NCCN1C(=O)CSC1=S. The van der Waals surface area contributed by atoms with Crippen LogP contribution in [0.1, 0.15) is 5.56 Å². The fourth-order valence-electron chi connectivity index (χ4n) is 2.00. The summed E-state index contributed by atoms with van der Waals surface area (Å²) in [5.74, 6) is -1.70. The molecule has 25 heavy (non-hydrogen) atoms. The summed E-state index contributed by atoms with van der Waals surface area (Å²) in [6.07, 6.45) is -0.368. The van der Waals surface area contributed by atoms with E-state index >= 15 is 0 Å². The Balaban J connectivity index is 1.70. The molecule has 0 unspecified atom stereocenters. The summed E-state index contributed by atoms with van der Waals surface area (Å²) in [5, 5.41) is 2.63. The number of halogens is 2. The number of rotatable bonds is 7. The lowest BCUT2D eigenvalue weighted by Crippen LogP contribution is -2.38. The minimum absolute atomic E-state index is 0.0214. The molecular formula is C15H14ClFN2O4S2. The lowest BCUT2D eigenvalue weighted by Gasteiger charge is -2.15. The van der Waals surface area contributed by atoms with Crippen LogP contribution in [0.3, 0.4) is 0 Å². The van der Waals surface area contributed by atoms with Crippen LogP contribution in [0.25, 0.3) is 0 Å². The molecule has 0 aliphatic carbocycles. The highest BCUT2D eigenvalue weighted by atomic mass is 35.5. The summed E-state index contributed by atoms with van der Waals surface area (Å²) >= 11 is 12.1. The molecule has 1 aliphatic heterocycles. The number of benzene rings is 1. The van der Waals surface area contributed by atoms with Crippen LogP contribution >= 0.6 is 35.6 Å². The molecule has 1 aromatic rings. The number of thioether (sulfide) groups is 1. The fraction of sp³-hybridized carbons (Fsp3) is 0.333. The first-order chi connectivity index (χ1) is 11.9. The molecule has 10 heteroatoms. The first-order valence-electron chi connectivity index (χ1n) is 7.21. The zero-order valence-electron chi connectivity index (χ0n) is 12.9. The molecule has 2 rings (SSSR count). The van der Waals surface area contributed by atoms with Crippen molar-refractivity contribution in [3.63, 3.8) is 0 Å². The summed E-state index contributed by atoms with van der Waals surface area (Å²) < 4.78 is 18.8. The van der Waals surface area contributed by atoms with Crippen LogP contribution in [0.2, 0.25) is 5.02 Å². The maximum Gasteiger partial charge on any atom is 0.310 e. The van der Waals surface area contributed by atoms with Crippen molar-refractivity contribution in [3.05, 3.63) is 34.6 Å². The van der Waals surface area contributed by atoms with Gasteiger partial charge in [0.1, 0.15) is 10.1 Å². The molecule has 0 spiro atoms. The van der Waals surface area contributed by atoms with Gasteiger partial charge in [-0.3, -0.25) is 19.3 Å². The van der Waals surface area contributed by atoms with Crippen molar-refractivity contribution in [2.24, 2.45) is 0 Å². The van der Waals surface area contributed by atoms with Crippen LogP contribution < -0.4 is 5.32 Å². The zero-order valence-corrected chi connectivity index (χ0v) is 15.3. The molecule has 2 amide bonds. The largest absolute Gasteiger partial charge is 0.455 e. The van der Waals surface area contributed by atoms with Crippen molar-refractivity contribution in [1.29, 1.82) is 0 Å². The number of nitrogens with zero attached hydrogens (tertiary/aromatic N) is 1. The lowest BCUT2D eigenvalue weighted by molar-refractivity contribution is -0.147. The standard InChI is InChI=1S/C15H14ClFN2O4S2/c16-10-2-1-3-11(17)9(10)6-14(22)23-7-12(20)18-4-5-19-13(21)8-25-15(19)24/h1-3H,4-8H2,(H,18,20). The number of hydrogen-bond acceptors (Lipinski definition) is 6. The molecular weight excluding hydrogens is 391 g/mol. The van der Waals surface area contributed by atoms with Crippen molar-refractivity contribution in [1.82, 2.24) is 10.2 Å². The number of carbonyl (C=O) groups is 3. The van der Waals surface area contributed by atoms with Gasteiger partial charge in [-0.2, -0.15) is 0 Å². The number of hydrogen-bond donors (Lipinski definition) is 1. The quantitative estimate of drug-likeness (QED) is 0.549. The summed E-state index contributed by atoms with van der Waals surface area (Å²) in [4.78, 5) is 36.2. The van der Waals surface area contributed by atoms with E-state index in [2.05, 4.69) is 5.32 Å². The third-order valence-electron chi connectivity index (χ3n) is 3.25. The van der Waals surface area contributed by atoms with Crippen molar-refractivity contribution in [3.8, 4) is 0 Å². The first-order valence-corrected chi connectivity index (χ1v) is 8.98. The van der Waals surface area contributed by atoms with E-state index in [-0.39, 0.29) is 36.0 Å². The van der Waals surface area contributed by atoms with E-state index in [1.165, 1.54) is 34.9 Å². The van der Waals surface area contributed by atoms with E-state index in [0.717, 1.165) is 0 Å². The molecule has 134 valence electrons. The monoisotopic (exact) mass is 404 g/mol. The summed E-state index contributed by atoms with van der Waals surface area (Å²) in [6, 6.07) is 4.07. The Kier molecular flexibility index (Phi) is 7.15. The van der Waals surface area contributed by atoms with Gasteiger partial charge in [0.25, 0.3) is 5.91 Å². The highest BCUT2D eigenvalue weighted by Gasteiger charge is 2.26. The minimum atomic E-state index is -0.769. The Bertz CT molecular complexity index is 681. The van der Waals surface area contributed by atoms with Crippen molar-refractivity contribution in [2.75, 3.05) is 25.4 Å². The topological polar surface area (TPSA) is 75.7 Å². The van der Waals surface area contributed by atoms with Crippen molar-refractivity contribution < 1.29 is 23.5 Å². The Labute approximate surface area is 158 Å². The zero-order chi connectivity index (χ0) is 18.4. The number of nitrogens with one attached hydrogen (secondary N) is 1. The second-order valence-corrected chi connectivity index (χ2v) is 7.00. The predicted octanol–water partition coefficient (Wildman–Crippen LogP) is 1.54. The van der Waals surface area contributed by atoms with Gasteiger partial charge in [0.2, 0.25) is 5.91 Å². The fourth-order valence-corrected chi connectivity index (χ4v) is 3.35. The second-order valence-electron chi connectivity index (χ2n) is 4.99. The number of ether oxygens (including phenoxy) is 1. The van der Waals surface area contributed by atoms with Crippen LogP contribution in [0.5, 0.6) is 0 Å². The second kappa shape index (κ2) is 9.12. The average molecular weight is 405 g/mol. The number of thiocarbonyl (C=S) groups is 1. The van der Waals surface area contributed by atoms with Gasteiger partial charge < -0.3 is 10.1 Å². The average Bonchev–Trinajstić information content (AvgIpc) is 2.88. The van der Waals surface area contributed by atoms with E-state index in [1.807, 2.05) is 0 Å². The molecule has 0 saturated carbocycles. The summed E-state index contributed by atoms with van der Waals surface area (Å²) in [6.45, 7) is -0.0603. The van der Waals surface area contributed by atoms with Crippen molar-refractivity contribution >= 4 is 57.7 Å². The summed E-state index contributed by atoms with van der Waals surface area (Å²) in [7, 11) is 0. The van der Waals surface area contributed by atoms with E-state index in [9.17, 15) is 18.8 Å². The Morgan fingerprint density at radius 1 is 1.44 bits per heavy atom. The number of carbonyl (C=O) groups excluding carboxylic acids is 3. The normalized spacial score (nSPS) is 13.9. The molecule has 1 aromatic carbocycles. The molecule has 1 heterocycles. The maximum absolute atomic E-state index is 13.6. The number of amides is 2. The molecule has 1 fully saturated rings. The van der Waals surface area contributed by atoms with Crippen LogP contribution in [-0.2, 0) is 25.5 Å². The molecule has 0 bridgehead atoms. The molecule has 6 nitrogen and oxygen atoms in total. The highest BCUT2D eigenvalue weighted by Crippen LogP contribution is 2.20. The van der Waals surface area contributed by atoms with E-state index in [4.69, 9.17) is 28.6 Å². The maximum atomic E-state index is 13.6. The van der Waals surface area contributed by atoms with Gasteiger partial charge in [-0.15, -0.1) is 0 Å². The molecule has 1 saturated heterocycles. The Morgan fingerprint density at radius 2 is 2.20 bits per heavy atom. The van der Waals surface area contributed by atoms with E-state index in [0.29, 0.717) is 10.1 Å². The van der Waals surface area contributed by atoms with Gasteiger partial charge in [0.05, 0.1) is 12.2 Å². The molecule has 0 aromatic heterocycles. The highest BCUT2D eigenvalue weighted by molar-refractivity contribution is 8.23. The number of esters is 1. The van der Waals surface area contributed by atoms with E-state index in [1.54, 1.807) is 0 Å². The van der Waals surface area contributed by atoms with Gasteiger partial charge in [-0.05, 0) is 12.1 Å². The smallest absolute Gasteiger partial charge is 0.310 e. The van der Waals surface area contributed by atoms with Crippen molar-refractivity contribution in [2.45, 2.75) is 6.42 Å². The van der Waals surface area contributed by atoms with Gasteiger partial charge in [-0.25, -0.2) is 4.39 Å². The van der Waals surface area contributed by atoms with Crippen LogP contribution in [0, 0.1) is 5.82 Å². The molecule has 1 aliphatic rings. The van der Waals surface area contributed by atoms with Crippen LogP contribution in [-0.4, -0.2) is 52.5 Å². The molecule has 1 N–H and O–H groups in total. The van der Waals surface area contributed by atoms with Gasteiger partial charge in [0, 0.05) is 23.7 Å². The van der Waals surface area contributed by atoms with Gasteiger partial charge >= 0.3 is 5.97 Å². The first kappa shape index (κ1) is 19.6. The van der Waals surface area contributed by atoms with Gasteiger partial charge in [-0.1, -0.05) is 41.6 Å². The minimum Gasteiger partial charge on any atom is -0.455 e. The van der Waals surface area contributed by atoms with Gasteiger partial charge in [0.15, 0.2) is 6.61 Å². The predicted molar refractivity (Wildman–Crippen MR) is 95.9 cm³/mol. The third kappa shape index (κ3) is 5.65. The molecule has 0 radical (unpaired) electrons. The lowest BCUT2D eigenvalue weighted by atomic mass is 10.1. The summed E-state index contributed by atoms with van der Waals surface area (Å²) in [5.41, 5.74) is 0.0214. The Hall–Kier alpha value is -1.71. The van der Waals surface area contributed by atoms with Crippen LogP contribution in [0.4, 0.5) is 4.39 Å². The Morgan fingerprint density at radius 3 is 2.84 bits per heavy atom. The third-order valence-corrected chi connectivity index (χ3v) is 5.03. The van der Waals surface area contributed by atoms with Crippen LogP contribution in [0.15, 0.2) is 18.2 Å². The van der Waals surface area contributed by atoms with E-state index < -0.39 is 24.3 Å². The molecule has 0 atom stereocenters.